The summed E-state index contributed by atoms with van der Waals surface area (Å²) in [7, 11) is 1.56. The van der Waals surface area contributed by atoms with Crippen molar-refractivity contribution in [3.8, 4) is 5.75 Å². The van der Waals surface area contributed by atoms with Gasteiger partial charge in [-0.05, 0) is 37.5 Å². The summed E-state index contributed by atoms with van der Waals surface area (Å²) in [5.41, 5.74) is 6.42. The molecular formula is C17H19ClN4O3. The van der Waals surface area contributed by atoms with Gasteiger partial charge in [-0.15, -0.1) is 0 Å². The number of aromatic nitrogens is 2. The first-order valence-corrected chi connectivity index (χ1v) is 8.65. The predicted molar refractivity (Wildman–Crippen MR) is 91.7 cm³/mol. The number of carbonyl (C=O) groups excluding carboxylic acids is 1. The van der Waals surface area contributed by atoms with Crippen molar-refractivity contribution < 1.29 is 14.1 Å². The van der Waals surface area contributed by atoms with Crippen molar-refractivity contribution in [2.45, 2.75) is 37.1 Å². The Balaban J connectivity index is 1.58. The lowest BCUT2D eigenvalue weighted by Gasteiger charge is -2.34. The maximum absolute atomic E-state index is 12.5. The zero-order chi connectivity index (χ0) is 17.6. The van der Waals surface area contributed by atoms with Gasteiger partial charge >= 0.3 is 0 Å². The Hall–Kier alpha value is -2.12. The third-order valence-corrected chi connectivity index (χ3v) is 5.27. The highest BCUT2D eigenvalue weighted by Gasteiger charge is 2.41. The summed E-state index contributed by atoms with van der Waals surface area (Å²) < 4.78 is 10.8. The molecule has 2 N–H and O–H groups in total. The second kappa shape index (κ2) is 6.00. The molecule has 2 fully saturated rings. The lowest BCUT2D eigenvalue weighted by molar-refractivity contribution is -0.117. The Kier molecular flexibility index (Phi) is 3.92. The number of ether oxygens (including phenoxy) is 1. The van der Waals surface area contributed by atoms with E-state index in [1.54, 1.807) is 30.2 Å². The predicted octanol–water partition coefficient (Wildman–Crippen LogP) is 2.59. The quantitative estimate of drug-likeness (QED) is 0.898. The highest BCUT2D eigenvalue weighted by atomic mass is 35.5. The van der Waals surface area contributed by atoms with E-state index < -0.39 is 5.54 Å². The van der Waals surface area contributed by atoms with Crippen LogP contribution in [0.2, 0.25) is 5.02 Å². The molecule has 1 aliphatic heterocycles. The molecule has 1 saturated heterocycles. The topological polar surface area (TPSA) is 94.5 Å². The average molecular weight is 363 g/mol. The summed E-state index contributed by atoms with van der Waals surface area (Å²) >= 11 is 6.08. The van der Waals surface area contributed by atoms with Crippen molar-refractivity contribution in [3.63, 3.8) is 0 Å². The van der Waals surface area contributed by atoms with E-state index >= 15 is 0 Å². The Morgan fingerprint density at radius 2 is 2.24 bits per heavy atom. The van der Waals surface area contributed by atoms with Gasteiger partial charge < -0.3 is 19.9 Å². The van der Waals surface area contributed by atoms with Gasteiger partial charge in [0.1, 0.15) is 5.75 Å². The van der Waals surface area contributed by atoms with Crippen molar-refractivity contribution in [2.75, 3.05) is 18.6 Å². The number of halogens is 1. The van der Waals surface area contributed by atoms with Crippen molar-refractivity contribution in [2.24, 2.45) is 5.73 Å². The first-order chi connectivity index (χ1) is 12.0. The highest BCUT2D eigenvalue weighted by Crippen LogP contribution is 2.40. The molecule has 8 heteroatoms. The molecule has 1 saturated carbocycles. The van der Waals surface area contributed by atoms with E-state index in [1.165, 1.54) is 0 Å². The SMILES string of the molecule is COc1ccc(Cl)cc1N1CC(c2nc(C3(N)CCC3)no2)CC1=O. The Morgan fingerprint density at radius 1 is 1.44 bits per heavy atom. The van der Waals surface area contributed by atoms with Crippen LogP contribution in [0.25, 0.3) is 0 Å². The summed E-state index contributed by atoms with van der Waals surface area (Å²) in [5.74, 6) is 1.40. The molecule has 0 bridgehead atoms. The fourth-order valence-electron chi connectivity index (χ4n) is 3.36. The minimum Gasteiger partial charge on any atom is -0.495 e. The van der Waals surface area contributed by atoms with Crippen LogP contribution in [0, 0.1) is 0 Å². The van der Waals surface area contributed by atoms with Gasteiger partial charge in [0.15, 0.2) is 5.82 Å². The molecule has 1 aromatic carbocycles. The monoisotopic (exact) mass is 362 g/mol. The number of nitrogens with two attached hydrogens (primary N) is 1. The minimum absolute atomic E-state index is 0.0311. The fourth-order valence-corrected chi connectivity index (χ4v) is 3.53. The fraction of sp³-hybridized carbons (Fsp3) is 0.471. The van der Waals surface area contributed by atoms with Crippen molar-refractivity contribution in [1.29, 1.82) is 0 Å². The number of hydrogen-bond acceptors (Lipinski definition) is 6. The Bertz CT molecular complexity index is 818. The normalized spacial score (nSPS) is 22.1. The van der Waals surface area contributed by atoms with Crippen molar-refractivity contribution in [1.82, 2.24) is 10.1 Å². The van der Waals surface area contributed by atoms with E-state index in [2.05, 4.69) is 10.1 Å². The van der Waals surface area contributed by atoms with E-state index in [4.69, 9.17) is 26.6 Å². The van der Waals surface area contributed by atoms with E-state index in [0.29, 0.717) is 41.1 Å². The molecule has 7 nitrogen and oxygen atoms in total. The third-order valence-electron chi connectivity index (χ3n) is 5.04. The first kappa shape index (κ1) is 16.4. The van der Waals surface area contributed by atoms with Crippen LogP contribution in [0.1, 0.15) is 43.3 Å². The van der Waals surface area contributed by atoms with Crippen LogP contribution in [0.15, 0.2) is 22.7 Å². The van der Waals surface area contributed by atoms with Crippen LogP contribution in [0.5, 0.6) is 5.75 Å². The van der Waals surface area contributed by atoms with Gasteiger partial charge in [0.2, 0.25) is 11.8 Å². The highest BCUT2D eigenvalue weighted by molar-refractivity contribution is 6.31. The molecular weight excluding hydrogens is 344 g/mol. The number of methoxy groups -OCH3 is 1. The first-order valence-electron chi connectivity index (χ1n) is 8.27. The number of nitrogens with zero attached hydrogens (tertiary/aromatic N) is 3. The van der Waals surface area contributed by atoms with Gasteiger partial charge in [-0.1, -0.05) is 16.8 Å². The maximum atomic E-state index is 12.5. The number of amides is 1. The summed E-state index contributed by atoms with van der Waals surface area (Å²) in [4.78, 5) is 18.6. The zero-order valence-electron chi connectivity index (χ0n) is 13.9. The van der Waals surface area contributed by atoms with Gasteiger partial charge in [-0.25, -0.2) is 0 Å². The standard InChI is InChI=1S/C17H19ClN4O3/c1-24-13-4-3-11(18)8-12(13)22-9-10(7-14(22)23)15-20-16(21-25-15)17(19)5-2-6-17/h3-4,8,10H,2,5-7,9,19H2,1H3. The molecule has 1 amide bonds. The largest absolute Gasteiger partial charge is 0.495 e. The lowest BCUT2D eigenvalue weighted by Crippen LogP contribution is -2.44. The van der Waals surface area contributed by atoms with E-state index in [-0.39, 0.29) is 11.8 Å². The number of benzene rings is 1. The second-order valence-corrected chi connectivity index (χ2v) is 7.12. The molecule has 25 heavy (non-hydrogen) atoms. The summed E-state index contributed by atoms with van der Waals surface area (Å²) in [5, 5.41) is 4.58. The second-order valence-electron chi connectivity index (χ2n) is 6.69. The number of carbonyl (C=O) groups is 1. The van der Waals surface area contributed by atoms with Crippen LogP contribution in [0.3, 0.4) is 0 Å². The number of rotatable bonds is 4. The van der Waals surface area contributed by atoms with Gasteiger partial charge in [0.05, 0.1) is 24.3 Å². The van der Waals surface area contributed by atoms with Crippen LogP contribution < -0.4 is 15.4 Å². The molecule has 2 aromatic rings. The van der Waals surface area contributed by atoms with Gasteiger partial charge in [0, 0.05) is 18.0 Å². The maximum Gasteiger partial charge on any atom is 0.232 e. The van der Waals surface area contributed by atoms with E-state index in [9.17, 15) is 4.79 Å². The molecule has 1 aromatic heterocycles. The Morgan fingerprint density at radius 3 is 2.92 bits per heavy atom. The Labute approximate surface area is 150 Å². The van der Waals surface area contributed by atoms with E-state index in [0.717, 1.165) is 19.3 Å². The van der Waals surface area contributed by atoms with E-state index in [1.807, 2.05) is 0 Å². The molecule has 1 aliphatic carbocycles. The van der Waals surface area contributed by atoms with Gasteiger partial charge in [-0.3, -0.25) is 4.79 Å². The van der Waals surface area contributed by atoms with Crippen LogP contribution in [0.4, 0.5) is 5.69 Å². The average Bonchev–Trinajstić information content (AvgIpc) is 3.19. The summed E-state index contributed by atoms with van der Waals surface area (Å²) in [6.45, 7) is 0.439. The molecule has 132 valence electrons. The zero-order valence-corrected chi connectivity index (χ0v) is 14.6. The molecule has 1 atom stereocenters. The van der Waals surface area contributed by atoms with Gasteiger partial charge in [-0.2, -0.15) is 4.98 Å². The van der Waals surface area contributed by atoms with Crippen molar-refractivity contribution in [3.05, 3.63) is 34.9 Å². The minimum atomic E-state index is -0.472. The van der Waals surface area contributed by atoms with Gasteiger partial charge in [0.25, 0.3) is 0 Å². The number of anilines is 1. The van der Waals surface area contributed by atoms with Crippen molar-refractivity contribution >= 4 is 23.2 Å². The molecule has 2 aliphatic rings. The van der Waals surface area contributed by atoms with Crippen LogP contribution in [-0.2, 0) is 10.3 Å². The summed E-state index contributed by atoms with van der Waals surface area (Å²) in [6.07, 6.45) is 3.10. The van der Waals surface area contributed by atoms with Crippen LogP contribution in [-0.4, -0.2) is 29.7 Å². The van der Waals surface area contributed by atoms with Crippen LogP contribution >= 0.6 is 11.6 Å². The number of hydrogen-bond donors (Lipinski definition) is 1. The summed E-state index contributed by atoms with van der Waals surface area (Å²) in [6, 6.07) is 5.20. The smallest absolute Gasteiger partial charge is 0.232 e. The molecule has 4 rings (SSSR count). The lowest BCUT2D eigenvalue weighted by atomic mass is 9.77. The molecule has 2 heterocycles. The third kappa shape index (κ3) is 2.77. The molecule has 0 spiro atoms. The molecule has 0 radical (unpaired) electrons. The molecule has 1 unspecified atom stereocenters.